The first-order chi connectivity index (χ1) is 15.0. The molecular weight excluding hydrogens is 418 g/mol. The van der Waals surface area contributed by atoms with E-state index in [1.165, 1.54) is 13.2 Å². The minimum absolute atomic E-state index is 0.272. The highest BCUT2D eigenvalue weighted by Gasteiger charge is 2.10. The third-order valence-electron chi connectivity index (χ3n) is 4.37. The third kappa shape index (κ3) is 6.02. The van der Waals surface area contributed by atoms with E-state index in [0.717, 1.165) is 11.4 Å². The molecule has 0 fully saturated rings. The molecule has 0 aliphatic carbocycles. The number of anilines is 1. The number of carbonyl (C=O) groups excluding carboxylic acids is 1. The first kappa shape index (κ1) is 22.2. The molecule has 1 heterocycles. The molecule has 3 aromatic rings. The second-order valence-electron chi connectivity index (χ2n) is 6.56. The molecule has 0 unspecified atom stereocenters. The van der Waals surface area contributed by atoms with Crippen molar-refractivity contribution in [2.45, 2.75) is 13.5 Å². The van der Waals surface area contributed by atoms with Gasteiger partial charge in [-0.25, -0.2) is 4.98 Å². The zero-order valence-corrected chi connectivity index (χ0v) is 18.3. The molecule has 0 aliphatic rings. The minimum Gasteiger partial charge on any atom is -0.491 e. The second kappa shape index (κ2) is 10.5. The summed E-state index contributed by atoms with van der Waals surface area (Å²) in [4.78, 5) is 16.5. The van der Waals surface area contributed by atoms with E-state index in [1.807, 2.05) is 24.7 Å². The molecule has 8 heteroatoms. The van der Waals surface area contributed by atoms with Crippen LogP contribution in [0.5, 0.6) is 17.2 Å². The molecule has 0 bridgehead atoms. The number of hydrogen-bond acceptors (Lipinski definition) is 5. The number of aromatic nitrogens is 2. The van der Waals surface area contributed by atoms with Gasteiger partial charge in [0.05, 0.1) is 18.7 Å². The van der Waals surface area contributed by atoms with Gasteiger partial charge in [0, 0.05) is 31.2 Å². The quantitative estimate of drug-likeness (QED) is 0.487. The Hall–Kier alpha value is -3.45. The number of amides is 1. The van der Waals surface area contributed by atoms with Crippen LogP contribution in [0, 0.1) is 0 Å². The van der Waals surface area contributed by atoms with Gasteiger partial charge in [0.2, 0.25) is 5.91 Å². The predicted molar refractivity (Wildman–Crippen MR) is 121 cm³/mol. The molecule has 1 amide bonds. The standard InChI is InChI=1S/C23H24ClN3O4/c1-4-30-20-14-16(13-19(24)23(20)29-3)5-10-22(28)26-17-6-8-18(9-7-17)31-15-21-25-11-12-27(21)2/h5-14H,4,15H2,1-3H3,(H,26,28). The van der Waals surface area contributed by atoms with Crippen molar-refractivity contribution in [2.24, 2.45) is 7.05 Å². The number of rotatable bonds is 9. The Morgan fingerprint density at radius 1 is 1.23 bits per heavy atom. The van der Waals surface area contributed by atoms with Gasteiger partial charge in [0.1, 0.15) is 18.2 Å². The minimum atomic E-state index is -0.272. The molecule has 1 N–H and O–H groups in total. The number of aryl methyl sites for hydroxylation is 1. The van der Waals surface area contributed by atoms with Crippen LogP contribution < -0.4 is 19.5 Å². The summed E-state index contributed by atoms with van der Waals surface area (Å²) in [6.07, 6.45) is 6.68. The summed E-state index contributed by atoms with van der Waals surface area (Å²) in [6, 6.07) is 10.6. The van der Waals surface area contributed by atoms with E-state index in [2.05, 4.69) is 10.3 Å². The Labute approximate surface area is 186 Å². The van der Waals surface area contributed by atoms with Crippen LogP contribution in [-0.2, 0) is 18.4 Å². The van der Waals surface area contributed by atoms with Crippen molar-refractivity contribution in [1.29, 1.82) is 0 Å². The van der Waals surface area contributed by atoms with E-state index >= 15 is 0 Å². The zero-order valence-electron chi connectivity index (χ0n) is 17.6. The normalized spacial score (nSPS) is 10.8. The van der Waals surface area contributed by atoms with Gasteiger partial charge in [-0.2, -0.15) is 0 Å². The lowest BCUT2D eigenvalue weighted by atomic mass is 10.2. The number of halogens is 1. The summed E-state index contributed by atoms with van der Waals surface area (Å²) in [5.41, 5.74) is 1.38. The maximum Gasteiger partial charge on any atom is 0.248 e. The van der Waals surface area contributed by atoms with Crippen molar-refractivity contribution >= 4 is 29.3 Å². The van der Waals surface area contributed by atoms with Crippen LogP contribution in [0.4, 0.5) is 5.69 Å². The van der Waals surface area contributed by atoms with Crippen LogP contribution in [-0.4, -0.2) is 29.2 Å². The summed E-state index contributed by atoms with van der Waals surface area (Å²) < 4.78 is 18.4. The highest BCUT2D eigenvalue weighted by Crippen LogP contribution is 2.36. The molecular formula is C23H24ClN3O4. The number of imidazole rings is 1. The maximum absolute atomic E-state index is 12.3. The van der Waals surface area contributed by atoms with Crippen molar-refractivity contribution in [3.63, 3.8) is 0 Å². The van der Waals surface area contributed by atoms with E-state index in [4.69, 9.17) is 25.8 Å². The molecule has 0 radical (unpaired) electrons. The van der Waals surface area contributed by atoms with Crippen molar-refractivity contribution < 1.29 is 19.0 Å². The molecule has 3 rings (SSSR count). The number of nitrogens with zero attached hydrogens (tertiary/aromatic N) is 2. The monoisotopic (exact) mass is 441 g/mol. The van der Waals surface area contributed by atoms with Gasteiger partial charge in [-0.3, -0.25) is 4.79 Å². The van der Waals surface area contributed by atoms with E-state index in [0.29, 0.717) is 41.2 Å². The lowest BCUT2D eigenvalue weighted by Crippen LogP contribution is -2.07. The number of carbonyl (C=O) groups is 1. The number of ether oxygens (including phenoxy) is 3. The van der Waals surface area contributed by atoms with Gasteiger partial charge in [-0.05, 0) is 55.0 Å². The van der Waals surface area contributed by atoms with E-state index in [-0.39, 0.29) is 5.91 Å². The van der Waals surface area contributed by atoms with Crippen LogP contribution in [0.25, 0.3) is 6.08 Å². The van der Waals surface area contributed by atoms with Gasteiger partial charge < -0.3 is 24.1 Å². The number of methoxy groups -OCH3 is 1. The van der Waals surface area contributed by atoms with Crippen molar-refractivity contribution in [1.82, 2.24) is 9.55 Å². The average Bonchev–Trinajstić information content (AvgIpc) is 3.17. The molecule has 0 aliphatic heterocycles. The molecule has 31 heavy (non-hydrogen) atoms. The molecule has 7 nitrogen and oxygen atoms in total. The fourth-order valence-electron chi connectivity index (χ4n) is 2.82. The summed E-state index contributed by atoms with van der Waals surface area (Å²) >= 11 is 6.24. The summed E-state index contributed by atoms with van der Waals surface area (Å²) in [6.45, 7) is 2.71. The van der Waals surface area contributed by atoms with Crippen LogP contribution in [0.15, 0.2) is 54.9 Å². The summed E-state index contributed by atoms with van der Waals surface area (Å²) in [5, 5.41) is 3.22. The van der Waals surface area contributed by atoms with Crippen LogP contribution >= 0.6 is 11.6 Å². The highest BCUT2D eigenvalue weighted by molar-refractivity contribution is 6.32. The fourth-order valence-corrected chi connectivity index (χ4v) is 3.12. The van der Waals surface area contributed by atoms with Crippen LogP contribution in [0.1, 0.15) is 18.3 Å². The number of nitrogens with one attached hydrogen (secondary N) is 1. The Morgan fingerprint density at radius 2 is 2.00 bits per heavy atom. The molecule has 0 saturated heterocycles. The van der Waals surface area contributed by atoms with Gasteiger partial charge in [-0.1, -0.05) is 11.6 Å². The SMILES string of the molecule is CCOc1cc(C=CC(=O)Nc2ccc(OCc3nccn3C)cc2)cc(Cl)c1OC. The molecule has 0 spiro atoms. The topological polar surface area (TPSA) is 74.6 Å². The first-order valence-corrected chi connectivity index (χ1v) is 10.1. The Kier molecular flexibility index (Phi) is 7.56. The van der Waals surface area contributed by atoms with Crippen molar-refractivity contribution in [2.75, 3.05) is 19.0 Å². The Morgan fingerprint density at radius 3 is 2.65 bits per heavy atom. The van der Waals surface area contributed by atoms with E-state index in [9.17, 15) is 4.79 Å². The highest BCUT2D eigenvalue weighted by atomic mass is 35.5. The largest absolute Gasteiger partial charge is 0.491 e. The third-order valence-corrected chi connectivity index (χ3v) is 4.65. The van der Waals surface area contributed by atoms with Gasteiger partial charge >= 0.3 is 0 Å². The predicted octanol–water partition coefficient (Wildman–Crippen LogP) is 4.71. The average molecular weight is 442 g/mol. The summed E-state index contributed by atoms with van der Waals surface area (Å²) in [7, 11) is 3.44. The first-order valence-electron chi connectivity index (χ1n) is 9.68. The van der Waals surface area contributed by atoms with Gasteiger partial charge in [0.25, 0.3) is 0 Å². The molecule has 1 aromatic heterocycles. The van der Waals surface area contributed by atoms with E-state index in [1.54, 1.807) is 48.7 Å². The van der Waals surface area contributed by atoms with Gasteiger partial charge in [0.15, 0.2) is 11.5 Å². The Bertz CT molecular complexity index is 1060. The fraction of sp³-hybridized carbons (Fsp3) is 0.217. The molecule has 2 aromatic carbocycles. The number of benzene rings is 2. The molecule has 0 atom stereocenters. The lowest BCUT2D eigenvalue weighted by Gasteiger charge is -2.11. The number of hydrogen-bond donors (Lipinski definition) is 1. The lowest BCUT2D eigenvalue weighted by molar-refractivity contribution is -0.111. The van der Waals surface area contributed by atoms with Crippen LogP contribution in [0.3, 0.4) is 0 Å². The van der Waals surface area contributed by atoms with Crippen molar-refractivity contribution in [3.8, 4) is 17.2 Å². The summed E-state index contributed by atoms with van der Waals surface area (Å²) in [5.74, 6) is 2.24. The molecule has 0 saturated carbocycles. The Balaban J connectivity index is 1.59. The molecule has 162 valence electrons. The van der Waals surface area contributed by atoms with E-state index < -0.39 is 0 Å². The zero-order chi connectivity index (χ0) is 22.2. The van der Waals surface area contributed by atoms with Crippen LogP contribution in [0.2, 0.25) is 5.02 Å². The smallest absolute Gasteiger partial charge is 0.248 e. The maximum atomic E-state index is 12.3. The second-order valence-corrected chi connectivity index (χ2v) is 6.96. The van der Waals surface area contributed by atoms with Crippen molar-refractivity contribution in [3.05, 3.63) is 71.3 Å². The van der Waals surface area contributed by atoms with Gasteiger partial charge in [-0.15, -0.1) is 0 Å².